The summed E-state index contributed by atoms with van der Waals surface area (Å²) in [6, 6.07) is 5.55. The zero-order chi connectivity index (χ0) is 10.8. The molecule has 15 heavy (non-hydrogen) atoms. The van der Waals surface area contributed by atoms with Gasteiger partial charge in [0.1, 0.15) is 5.75 Å². The summed E-state index contributed by atoms with van der Waals surface area (Å²) in [6.07, 6.45) is 0. The molecule has 0 fully saturated rings. The summed E-state index contributed by atoms with van der Waals surface area (Å²) in [5.74, 6) is 1.16. The van der Waals surface area contributed by atoms with Crippen LogP contribution in [0.15, 0.2) is 18.2 Å². The lowest BCUT2D eigenvalue weighted by Crippen LogP contribution is -2.05. The number of nitrogen functional groups attached to an aromatic ring is 1. The minimum absolute atomic E-state index is 0.0433. The van der Waals surface area contributed by atoms with Crippen LogP contribution < -0.4 is 10.5 Å². The molecule has 0 unspecified atom stereocenters. The molecule has 0 amide bonds. The molecule has 0 saturated heterocycles. The third kappa shape index (κ3) is 1.61. The highest BCUT2D eigenvalue weighted by atomic mass is 16.5. The van der Waals surface area contributed by atoms with Crippen molar-refractivity contribution in [2.75, 3.05) is 19.5 Å². The first-order valence-electron chi connectivity index (χ1n) is 4.67. The first-order valence-corrected chi connectivity index (χ1v) is 4.67. The Hall–Kier alpha value is -1.75. The number of nitrogens with zero attached hydrogens (tertiary/aromatic N) is 2. The Bertz CT molecular complexity index is 479. The summed E-state index contributed by atoms with van der Waals surface area (Å²) in [4.78, 5) is 4.19. The molecule has 0 atom stereocenters. The van der Waals surface area contributed by atoms with Crippen LogP contribution in [0, 0.1) is 0 Å². The number of fused-ring (bicyclic) bond motifs is 1. The van der Waals surface area contributed by atoms with E-state index in [1.165, 1.54) is 0 Å². The topological polar surface area (TPSA) is 73.3 Å². The number of anilines is 1. The molecule has 1 heterocycles. The molecular formula is C10H13N3O2. The van der Waals surface area contributed by atoms with Crippen LogP contribution in [0.3, 0.4) is 0 Å². The summed E-state index contributed by atoms with van der Waals surface area (Å²) in [7, 11) is 1.61. The molecule has 2 rings (SSSR count). The number of rotatable bonds is 3. The standard InChI is InChI=1S/C10H13N3O2/c1-15-7-2-3-9-8(6-7)12-10(11)13(9)4-5-14/h2-3,6,14H,4-5H2,1H3,(H2,11,12). The summed E-state index contributed by atoms with van der Waals surface area (Å²) < 4.78 is 6.86. The zero-order valence-electron chi connectivity index (χ0n) is 8.47. The van der Waals surface area contributed by atoms with Crippen molar-refractivity contribution >= 4 is 17.0 Å². The fourth-order valence-corrected chi connectivity index (χ4v) is 1.59. The highest BCUT2D eigenvalue weighted by Gasteiger charge is 2.07. The van der Waals surface area contributed by atoms with Crippen LogP contribution in [0.5, 0.6) is 5.75 Å². The molecule has 1 aromatic heterocycles. The number of ether oxygens (including phenoxy) is 1. The van der Waals surface area contributed by atoms with Crippen molar-refractivity contribution < 1.29 is 9.84 Å². The zero-order valence-corrected chi connectivity index (χ0v) is 8.47. The van der Waals surface area contributed by atoms with Gasteiger partial charge in [0.25, 0.3) is 0 Å². The van der Waals surface area contributed by atoms with Crippen molar-refractivity contribution in [1.29, 1.82) is 0 Å². The van der Waals surface area contributed by atoms with Crippen molar-refractivity contribution in [2.24, 2.45) is 0 Å². The van der Waals surface area contributed by atoms with Gasteiger partial charge in [-0.15, -0.1) is 0 Å². The van der Waals surface area contributed by atoms with Gasteiger partial charge < -0.3 is 20.1 Å². The first kappa shape index (κ1) is 9.79. The van der Waals surface area contributed by atoms with Crippen LogP contribution in [0.4, 0.5) is 5.95 Å². The Labute approximate surface area is 87.1 Å². The number of benzene rings is 1. The maximum Gasteiger partial charge on any atom is 0.201 e. The molecule has 5 heteroatoms. The fourth-order valence-electron chi connectivity index (χ4n) is 1.59. The minimum Gasteiger partial charge on any atom is -0.497 e. The first-order chi connectivity index (χ1) is 7.26. The van der Waals surface area contributed by atoms with Gasteiger partial charge in [-0.2, -0.15) is 0 Å². The third-order valence-electron chi connectivity index (χ3n) is 2.31. The minimum atomic E-state index is 0.0433. The number of hydrogen-bond donors (Lipinski definition) is 2. The fraction of sp³-hybridized carbons (Fsp3) is 0.300. The van der Waals surface area contributed by atoms with E-state index in [0.717, 1.165) is 16.8 Å². The molecular weight excluding hydrogens is 194 g/mol. The lowest BCUT2D eigenvalue weighted by atomic mass is 10.3. The second-order valence-corrected chi connectivity index (χ2v) is 3.20. The highest BCUT2D eigenvalue weighted by Crippen LogP contribution is 2.22. The van der Waals surface area contributed by atoms with Crippen LogP contribution in [-0.4, -0.2) is 28.4 Å². The lowest BCUT2D eigenvalue weighted by molar-refractivity contribution is 0.278. The lowest BCUT2D eigenvalue weighted by Gasteiger charge is -2.03. The molecule has 2 aromatic rings. The van der Waals surface area contributed by atoms with E-state index >= 15 is 0 Å². The average molecular weight is 207 g/mol. The second-order valence-electron chi connectivity index (χ2n) is 3.20. The summed E-state index contributed by atoms with van der Waals surface area (Å²) >= 11 is 0. The number of aromatic nitrogens is 2. The van der Waals surface area contributed by atoms with Crippen molar-refractivity contribution in [3.63, 3.8) is 0 Å². The van der Waals surface area contributed by atoms with Gasteiger partial charge >= 0.3 is 0 Å². The van der Waals surface area contributed by atoms with E-state index in [1.54, 1.807) is 11.7 Å². The number of methoxy groups -OCH3 is 1. The van der Waals surface area contributed by atoms with Crippen molar-refractivity contribution in [3.8, 4) is 5.75 Å². The van der Waals surface area contributed by atoms with Gasteiger partial charge in [0, 0.05) is 12.6 Å². The molecule has 0 aliphatic carbocycles. The number of aliphatic hydroxyl groups excluding tert-OH is 1. The quantitative estimate of drug-likeness (QED) is 0.773. The van der Waals surface area contributed by atoms with Crippen LogP contribution in [0.2, 0.25) is 0 Å². The summed E-state index contributed by atoms with van der Waals surface area (Å²) in [5.41, 5.74) is 7.41. The smallest absolute Gasteiger partial charge is 0.201 e. The molecule has 0 bridgehead atoms. The monoisotopic (exact) mass is 207 g/mol. The molecule has 3 N–H and O–H groups in total. The van der Waals surface area contributed by atoms with E-state index in [2.05, 4.69) is 4.98 Å². The predicted octanol–water partition coefficient (Wildman–Crippen LogP) is 0.619. The Morgan fingerprint density at radius 3 is 3.00 bits per heavy atom. The SMILES string of the molecule is COc1ccc2c(c1)nc(N)n2CCO. The van der Waals surface area contributed by atoms with E-state index < -0.39 is 0 Å². The van der Waals surface area contributed by atoms with Crippen LogP contribution in [0.25, 0.3) is 11.0 Å². The van der Waals surface area contributed by atoms with Crippen LogP contribution in [-0.2, 0) is 6.54 Å². The Morgan fingerprint density at radius 1 is 1.53 bits per heavy atom. The van der Waals surface area contributed by atoms with Crippen molar-refractivity contribution in [1.82, 2.24) is 9.55 Å². The molecule has 0 saturated carbocycles. The number of hydrogen-bond acceptors (Lipinski definition) is 4. The predicted molar refractivity (Wildman–Crippen MR) is 57.8 cm³/mol. The normalized spacial score (nSPS) is 10.8. The molecule has 5 nitrogen and oxygen atoms in total. The Kier molecular flexibility index (Phi) is 2.47. The summed E-state index contributed by atoms with van der Waals surface area (Å²) in [6.45, 7) is 0.496. The van der Waals surface area contributed by atoms with E-state index in [0.29, 0.717) is 12.5 Å². The van der Waals surface area contributed by atoms with Crippen molar-refractivity contribution in [2.45, 2.75) is 6.54 Å². The Morgan fingerprint density at radius 2 is 2.33 bits per heavy atom. The van der Waals surface area contributed by atoms with Crippen LogP contribution in [0.1, 0.15) is 0 Å². The number of nitrogens with two attached hydrogens (primary N) is 1. The molecule has 0 aliphatic heterocycles. The van der Waals surface area contributed by atoms with E-state index in [9.17, 15) is 0 Å². The maximum absolute atomic E-state index is 8.89. The Balaban J connectivity index is 2.58. The molecule has 0 radical (unpaired) electrons. The second kappa shape index (κ2) is 3.78. The van der Waals surface area contributed by atoms with Crippen LogP contribution >= 0.6 is 0 Å². The van der Waals surface area contributed by atoms with Gasteiger partial charge in [-0.1, -0.05) is 0 Å². The largest absolute Gasteiger partial charge is 0.497 e. The molecule has 1 aromatic carbocycles. The van der Waals surface area contributed by atoms with Crippen molar-refractivity contribution in [3.05, 3.63) is 18.2 Å². The van der Waals surface area contributed by atoms with Gasteiger partial charge in [0.05, 0.1) is 24.8 Å². The molecule has 0 aliphatic rings. The highest BCUT2D eigenvalue weighted by molar-refractivity contribution is 5.79. The van der Waals surface area contributed by atoms with Gasteiger partial charge in [-0.25, -0.2) is 4.98 Å². The van der Waals surface area contributed by atoms with E-state index in [1.807, 2.05) is 18.2 Å². The summed E-state index contributed by atoms with van der Waals surface area (Å²) in [5, 5.41) is 8.89. The van der Waals surface area contributed by atoms with Gasteiger partial charge in [0.2, 0.25) is 5.95 Å². The molecule has 80 valence electrons. The molecule has 0 spiro atoms. The average Bonchev–Trinajstić information content (AvgIpc) is 2.55. The van der Waals surface area contributed by atoms with E-state index in [4.69, 9.17) is 15.6 Å². The van der Waals surface area contributed by atoms with Gasteiger partial charge in [-0.3, -0.25) is 0 Å². The maximum atomic E-state index is 8.89. The number of aliphatic hydroxyl groups is 1. The van der Waals surface area contributed by atoms with E-state index in [-0.39, 0.29) is 6.61 Å². The van der Waals surface area contributed by atoms with Gasteiger partial charge in [0.15, 0.2) is 0 Å². The van der Waals surface area contributed by atoms with Gasteiger partial charge in [-0.05, 0) is 12.1 Å². The number of imidazole rings is 1. The third-order valence-corrected chi connectivity index (χ3v) is 2.31.